The van der Waals surface area contributed by atoms with E-state index < -0.39 is 0 Å². The van der Waals surface area contributed by atoms with Gasteiger partial charge in [-0.15, -0.1) is 0 Å². The van der Waals surface area contributed by atoms with Gasteiger partial charge in [0.2, 0.25) is 0 Å². The number of hydrogen-bond acceptors (Lipinski definition) is 2. The van der Waals surface area contributed by atoms with Crippen LogP contribution in [-0.2, 0) is 17.7 Å². The SMILES string of the molecule is COC1=CCc2c3c(ccc2=C1)=CC1=CC=CCN1C3. The molecule has 0 saturated heterocycles. The first-order valence-electron chi connectivity index (χ1n) is 7.05. The minimum Gasteiger partial charge on any atom is -0.497 e. The molecule has 100 valence electrons. The summed E-state index contributed by atoms with van der Waals surface area (Å²) in [6.45, 7) is 2.02. The van der Waals surface area contributed by atoms with E-state index in [-0.39, 0.29) is 0 Å². The monoisotopic (exact) mass is 263 g/mol. The number of allylic oxidation sites excluding steroid dienone is 5. The lowest BCUT2D eigenvalue weighted by Crippen LogP contribution is -2.35. The molecule has 0 amide bonds. The van der Waals surface area contributed by atoms with E-state index in [1.807, 2.05) is 0 Å². The Morgan fingerprint density at radius 1 is 1.10 bits per heavy atom. The fourth-order valence-electron chi connectivity index (χ4n) is 3.20. The Morgan fingerprint density at radius 3 is 2.80 bits per heavy atom. The van der Waals surface area contributed by atoms with Crippen LogP contribution < -0.4 is 10.4 Å². The molecule has 0 N–H and O–H groups in total. The third-order valence-electron chi connectivity index (χ3n) is 4.29. The zero-order valence-electron chi connectivity index (χ0n) is 11.6. The fourth-order valence-corrected chi connectivity index (χ4v) is 3.20. The molecule has 20 heavy (non-hydrogen) atoms. The fraction of sp³-hybridized carbons (Fsp3) is 0.222. The van der Waals surface area contributed by atoms with Gasteiger partial charge in [-0.2, -0.15) is 0 Å². The van der Waals surface area contributed by atoms with Crippen molar-refractivity contribution in [3.8, 4) is 0 Å². The van der Waals surface area contributed by atoms with E-state index in [1.54, 1.807) is 7.11 Å². The molecule has 0 saturated carbocycles. The van der Waals surface area contributed by atoms with E-state index in [2.05, 4.69) is 53.5 Å². The number of benzene rings is 1. The van der Waals surface area contributed by atoms with Crippen LogP contribution in [0.25, 0.3) is 12.2 Å². The van der Waals surface area contributed by atoms with Crippen molar-refractivity contribution in [1.82, 2.24) is 4.90 Å². The molecular formula is C18H17NO. The van der Waals surface area contributed by atoms with E-state index >= 15 is 0 Å². The van der Waals surface area contributed by atoms with Crippen molar-refractivity contribution in [2.24, 2.45) is 0 Å². The molecule has 2 nitrogen and oxygen atoms in total. The molecule has 0 atom stereocenters. The number of nitrogens with zero attached hydrogens (tertiary/aromatic N) is 1. The average Bonchev–Trinajstić information content (AvgIpc) is 2.52. The first kappa shape index (κ1) is 11.6. The second-order valence-electron chi connectivity index (χ2n) is 5.40. The zero-order chi connectivity index (χ0) is 13.5. The van der Waals surface area contributed by atoms with Crippen molar-refractivity contribution in [2.45, 2.75) is 13.0 Å². The Balaban J connectivity index is 1.90. The highest BCUT2D eigenvalue weighted by Gasteiger charge is 2.18. The van der Waals surface area contributed by atoms with Crippen molar-refractivity contribution in [3.63, 3.8) is 0 Å². The summed E-state index contributed by atoms with van der Waals surface area (Å²) in [5.41, 5.74) is 4.25. The molecule has 4 rings (SSSR count). The van der Waals surface area contributed by atoms with Crippen molar-refractivity contribution in [1.29, 1.82) is 0 Å². The van der Waals surface area contributed by atoms with Crippen molar-refractivity contribution in [3.05, 3.63) is 69.5 Å². The molecule has 0 unspecified atom stereocenters. The van der Waals surface area contributed by atoms with Gasteiger partial charge in [-0.05, 0) is 52.3 Å². The number of methoxy groups -OCH3 is 1. The molecule has 3 aliphatic rings. The van der Waals surface area contributed by atoms with Gasteiger partial charge in [-0.25, -0.2) is 0 Å². The molecule has 2 heteroatoms. The lowest BCUT2D eigenvalue weighted by atomic mass is 9.93. The van der Waals surface area contributed by atoms with Gasteiger partial charge in [-0.3, -0.25) is 0 Å². The van der Waals surface area contributed by atoms with Gasteiger partial charge in [0, 0.05) is 18.8 Å². The summed E-state index contributed by atoms with van der Waals surface area (Å²) in [5, 5.41) is 2.67. The van der Waals surface area contributed by atoms with E-state index in [9.17, 15) is 0 Å². The van der Waals surface area contributed by atoms with Gasteiger partial charge in [0.1, 0.15) is 5.76 Å². The molecule has 0 spiro atoms. The van der Waals surface area contributed by atoms with Crippen molar-refractivity contribution >= 4 is 12.2 Å². The molecule has 1 aromatic carbocycles. The zero-order valence-corrected chi connectivity index (χ0v) is 11.6. The third kappa shape index (κ3) is 1.72. The van der Waals surface area contributed by atoms with E-state index in [0.29, 0.717) is 0 Å². The van der Waals surface area contributed by atoms with Crippen molar-refractivity contribution in [2.75, 3.05) is 13.7 Å². The molecule has 0 aromatic heterocycles. The van der Waals surface area contributed by atoms with Crippen LogP contribution in [0.4, 0.5) is 0 Å². The number of hydrogen-bond donors (Lipinski definition) is 0. The van der Waals surface area contributed by atoms with Crippen LogP contribution in [0.3, 0.4) is 0 Å². The summed E-state index contributed by atoms with van der Waals surface area (Å²) >= 11 is 0. The van der Waals surface area contributed by atoms with E-state index in [4.69, 9.17) is 4.74 Å². The molecular weight excluding hydrogens is 246 g/mol. The Bertz CT molecular complexity index is 780. The topological polar surface area (TPSA) is 12.5 Å². The van der Waals surface area contributed by atoms with Crippen LogP contribution in [0.1, 0.15) is 11.1 Å². The van der Waals surface area contributed by atoms with Gasteiger partial charge in [0.15, 0.2) is 0 Å². The highest BCUT2D eigenvalue weighted by molar-refractivity contribution is 5.57. The Morgan fingerprint density at radius 2 is 1.95 bits per heavy atom. The molecule has 0 bridgehead atoms. The van der Waals surface area contributed by atoms with Crippen LogP contribution >= 0.6 is 0 Å². The largest absolute Gasteiger partial charge is 0.497 e. The Labute approximate surface area is 118 Å². The number of ether oxygens (including phenoxy) is 1. The van der Waals surface area contributed by atoms with Gasteiger partial charge in [0.05, 0.1) is 7.11 Å². The summed E-state index contributed by atoms with van der Waals surface area (Å²) in [4.78, 5) is 2.43. The second kappa shape index (κ2) is 4.41. The van der Waals surface area contributed by atoms with Gasteiger partial charge in [0.25, 0.3) is 0 Å². The molecule has 1 aromatic rings. The smallest absolute Gasteiger partial charge is 0.115 e. The van der Waals surface area contributed by atoms with Crippen LogP contribution in [-0.4, -0.2) is 18.6 Å². The molecule has 0 radical (unpaired) electrons. The predicted octanol–water partition coefficient (Wildman–Crippen LogP) is 1.60. The first-order chi connectivity index (χ1) is 9.85. The quantitative estimate of drug-likeness (QED) is 0.763. The standard InChI is InChI=1S/C18H17NO/c1-20-16-7-8-17-14(11-16)6-5-13-10-15-4-2-3-9-19(15)12-18(13)17/h2-7,10-11H,8-9,12H2,1H3. The lowest BCUT2D eigenvalue weighted by Gasteiger charge is -2.31. The summed E-state index contributed by atoms with van der Waals surface area (Å²) in [5.74, 6) is 0.971. The number of rotatable bonds is 1. The lowest BCUT2D eigenvalue weighted by molar-refractivity contribution is 0.311. The normalized spacial score (nSPS) is 18.8. The summed E-state index contributed by atoms with van der Waals surface area (Å²) in [6, 6.07) is 4.45. The van der Waals surface area contributed by atoms with Gasteiger partial charge < -0.3 is 9.64 Å². The maximum atomic E-state index is 5.35. The first-order valence-corrected chi connectivity index (χ1v) is 7.05. The number of fused-ring (bicyclic) bond motifs is 4. The minimum atomic E-state index is 0.967. The summed E-state index contributed by atoms with van der Waals surface area (Å²) in [7, 11) is 1.73. The predicted molar refractivity (Wildman–Crippen MR) is 81.1 cm³/mol. The summed E-state index contributed by atoms with van der Waals surface area (Å²) in [6.07, 6.45) is 14.1. The van der Waals surface area contributed by atoms with Crippen LogP contribution in [0.5, 0.6) is 0 Å². The molecule has 1 aliphatic carbocycles. The second-order valence-corrected chi connectivity index (χ2v) is 5.40. The van der Waals surface area contributed by atoms with Crippen LogP contribution in [0.15, 0.2) is 47.9 Å². The van der Waals surface area contributed by atoms with E-state index in [1.165, 1.54) is 27.3 Å². The average molecular weight is 263 g/mol. The maximum Gasteiger partial charge on any atom is 0.115 e. The molecule has 0 fully saturated rings. The highest BCUT2D eigenvalue weighted by Crippen LogP contribution is 2.21. The Hall–Kier alpha value is -2.22. The van der Waals surface area contributed by atoms with Crippen LogP contribution in [0.2, 0.25) is 0 Å². The van der Waals surface area contributed by atoms with E-state index in [0.717, 1.165) is 25.3 Å². The van der Waals surface area contributed by atoms with Gasteiger partial charge >= 0.3 is 0 Å². The molecule has 2 aliphatic heterocycles. The van der Waals surface area contributed by atoms with Gasteiger partial charge in [-0.1, -0.05) is 24.3 Å². The molecule has 2 heterocycles. The van der Waals surface area contributed by atoms with Crippen molar-refractivity contribution < 1.29 is 4.74 Å². The minimum absolute atomic E-state index is 0.967. The van der Waals surface area contributed by atoms with Crippen LogP contribution in [0, 0.1) is 0 Å². The third-order valence-corrected chi connectivity index (χ3v) is 4.29. The maximum absolute atomic E-state index is 5.35. The Kier molecular flexibility index (Phi) is 2.56. The highest BCUT2D eigenvalue weighted by atomic mass is 16.5. The summed E-state index contributed by atoms with van der Waals surface area (Å²) < 4.78 is 5.35.